The van der Waals surface area contributed by atoms with E-state index in [0.29, 0.717) is 0 Å². The van der Waals surface area contributed by atoms with Crippen LogP contribution in [0.2, 0.25) is 0 Å². The third kappa shape index (κ3) is 1.11. The number of nitrogens with zero attached hydrogens (tertiary/aromatic N) is 1. The summed E-state index contributed by atoms with van der Waals surface area (Å²) in [5.41, 5.74) is 0. The molecule has 0 N–H and O–H groups in total. The summed E-state index contributed by atoms with van der Waals surface area (Å²) in [4.78, 5) is 9.75. The Morgan fingerprint density at radius 2 is 1.33 bits per heavy atom. The van der Waals surface area contributed by atoms with Crippen LogP contribution in [0.1, 0.15) is 0 Å². The van der Waals surface area contributed by atoms with Crippen LogP contribution in [0.15, 0.2) is 34.1 Å². The third-order valence-corrected chi connectivity index (χ3v) is 6.21. The van der Waals surface area contributed by atoms with E-state index in [9.17, 15) is 21.6 Å². The molecule has 8 heteroatoms. The van der Waals surface area contributed by atoms with Crippen molar-refractivity contribution in [3.8, 4) is 0 Å². The van der Waals surface area contributed by atoms with E-state index in [1.807, 2.05) is 0 Å². The summed E-state index contributed by atoms with van der Waals surface area (Å²) in [5, 5.41) is 0. The van der Waals surface area contributed by atoms with Crippen molar-refractivity contribution in [3.63, 3.8) is 0 Å². The predicted octanol–water partition coefficient (Wildman–Crippen LogP) is -0.464. The van der Waals surface area contributed by atoms with E-state index in [0.717, 1.165) is 12.1 Å². The Kier molecular flexibility index (Phi) is 1.89. The van der Waals surface area contributed by atoms with E-state index in [2.05, 4.69) is 0 Å². The molecule has 1 amide bonds. The summed E-state index contributed by atoms with van der Waals surface area (Å²) in [6.45, 7) is 0. The third-order valence-electron chi connectivity index (χ3n) is 1.96. The number of carbonyl (C=O) groups is 1. The van der Waals surface area contributed by atoms with Crippen LogP contribution in [0.25, 0.3) is 0 Å². The van der Waals surface area contributed by atoms with Gasteiger partial charge in [-0.1, -0.05) is 12.1 Å². The van der Waals surface area contributed by atoms with Gasteiger partial charge in [-0.15, -0.1) is 3.71 Å². The molecule has 2 rings (SSSR count). The zero-order valence-corrected chi connectivity index (χ0v) is 8.82. The molecule has 0 aliphatic carbocycles. The van der Waals surface area contributed by atoms with Gasteiger partial charge in [0.05, 0.1) is 0 Å². The van der Waals surface area contributed by atoms with Crippen LogP contribution in [0.4, 0.5) is 0 Å². The topological polar surface area (TPSA) is 88.6 Å². The van der Waals surface area contributed by atoms with Gasteiger partial charge in [0, 0.05) is 0 Å². The van der Waals surface area contributed by atoms with Crippen molar-refractivity contribution >= 4 is 26.5 Å². The normalized spacial score (nSPS) is 20.9. The van der Waals surface area contributed by atoms with E-state index < -0.39 is 20.0 Å². The first kappa shape index (κ1) is 10.1. The number of fused-ring (bicyclic) bond motifs is 1. The lowest BCUT2D eigenvalue weighted by Crippen LogP contribution is -2.28. The maximum atomic E-state index is 11.5. The molecule has 1 aromatic rings. The molecule has 0 aromatic heterocycles. The molecular formula is C7H5NO5S2. The van der Waals surface area contributed by atoms with Crippen LogP contribution in [0, 0.1) is 0 Å². The smallest absolute Gasteiger partial charge is 0.276 e. The monoisotopic (exact) mass is 247 g/mol. The quantitative estimate of drug-likeness (QED) is 0.626. The summed E-state index contributed by atoms with van der Waals surface area (Å²) in [6, 6.07) is 5.07. The number of hydrogen-bond acceptors (Lipinski definition) is 5. The van der Waals surface area contributed by atoms with Crippen molar-refractivity contribution in [2.75, 3.05) is 0 Å². The van der Waals surface area contributed by atoms with Crippen LogP contribution >= 0.6 is 0 Å². The highest BCUT2D eigenvalue weighted by atomic mass is 32.3. The van der Waals surface area contributed by atoms with Gasteiger partial charge in [0.15, 0.2) is 0 Å². The van der Waals surface area contributed by atoms with E-state index >= 15 is 0 Å². The van der Waals surface area contributed by atoms with E-state index in [4.69, 9.17) is 0 Å². The fourth-order valence-corrected chi connectivity index (χ4v) is 5.22. The number of rotatable bonds is 1. The highest BCUT2D eigenvalue weighted by molar-refractivity contribution is 8.07. The van der Waals surface area contributed by atoms with Gasteiger partial charge in [-0.3, -0.25) is 4.79 Å². The summed E-state index contributed by atoms with van der Waals surface area (Å²) in [6.07, 6.45) is -0.218. The van der Waals surface area contributed by atoms with Crippen molar-refractivity contribution in [2.24, 2.45) is 0 Å². The minimum Gasteiger partial charge on any atom is -0.276 e. The standard InChI is InChI=1S/C7H5NO5S2/c9-5-8-14(10,11)6-3-1-2-4-7(6)15(8,12)13/h1-5H. The highest BCUT2D eigenvalue weighted by Crippen LogP contribution is 2.34. The Balaban J connectivity index is 2.96. The van der Waals surface area contributed by atoms with E-state index in [1.165, 1.54) is 12.1 Å². The van der Waals surface area contributed by atoms with Crippen LogP contribution in [-0.2, 0) is 24.8 Å². The molecule has 0 saturated heterocycles. The van der Waals surface area contributed by atoms with Crippen molar-refractivity contribution in [1.29, 1.82) is 0 Å². The Hall–Kier alpha value is -1.41. The first-order chi connectivity index (χ1) is 6.92. The van der Waals surface area contributed by atoms with Crippen LogP contribution < -0.4 is 0 Å². The Morgan fingerprint density at radius 1 is 0.933 bits per heavy atom. The molecule has 0 spiro atoms. The molecule has 80 valence electrons. The molecule has 0 fully saturated rings. The number of sulfonamides is 2. The summed E-state index contributed by atoms with van der Waals surface area (Å²) in [5.74, 6) is 0. The molecule has 0 saturated carbocycles. The summed E-state index contributed by atoms with van der Waals surface area (Å²) >= 11 is 0. The summed E-state index contributed by atoms with van der Waals surface area (Å²) in [7, 11) is -8.45. The molecule has 6 nitrogen and oxygen atoms in total. The van der Waals surface area contributed by atoms with Crippen molar-refractivity contribution in [3.05, 3.63) is 24.3 Å². The van der Waals surface area contributed by atoms with Crippen LogP contribution in [0.5, 0.6) is 0 Å². The molecule has 15 heavy (non-hydrogen) atoms. The van der Waals surface area contributed by atoms with Gasteiger partial charge < -0.3 is 0 Å². The lowest BCUT2D eigenvalue weighted by atomic mass is 10.4. The summed E-state index contributed by atoms with van der Waals surface area (Å²) < 4.78 is 46.0. The first-order valence-electron chi connectivity index (χ1n) is 3.76. The largest absolute Gasteiger partial charge is 0.281 e. The van der Waals surface area contributed by atoms with Crippen molar-refractivity contribution in [1.82, 2.24) is 3.71 Å². The molecule has 0 unspecified atom stereocenters. The SMILES string of the molecule is O=CN1S(=O)(=O)c2ccccc2S1(=O)=O. The van der Waals surface area contributed by atoms with Crippen molar-refractivity contribution in [2.45, 2.75) is 9.79 Å². The van der Waals surface area contributed by atoms with E-state index in [1.54, 1.807) is 0 Å². The molecule has 1 aliphatic heterocycles. The molecule has 0 atom stereocenters. The fraction of sp³-hybridized carbons (Fsp3) is 0. The van der Waals surface area contributed by atoms with Gasteiger partial charge in [-0.05, 0) is 12.1 Å². The van der Waals surface area contributed by atoms with Gasteiger partial charge in [0.1, 0.15) is 9.79 Å². The molecule has 0 bridgehead atoms. The molecular weight excluding hydrogens is 242 g/mol. The van der Waals surface area contributed by atoms with Gasteiger partial charge in [0.2, 0.25) is 6.41 Å². The minimum atomic E-state index is -4.23. The molecule has 0 radical (unpaired) electrons. The predicted molar refractivity (Wildman–Crippen MR) is 48.7 cm³/mol. The average Bonchev–Trinajstić information content (AvgIpc) is 2.32. The number of carbonyl (C=O) groups excluding carboxylic acids is 1. The number of hydrogen-bond donors (Lipinski definition) is 0. The van der Waals surface area contributed by atoms with Crippen molar-refractivity contribution < 1.29 is 21.6 Å². The second kappa shape index (κ2) is 2.80. The van der Waals surface area contributed by atoms with E-state index in [-0.39, 0.29) is 19.9 Å². The lowest BCUT2D eigenvalue weighted by Gasteiger charge is -2.05. The molecule has 1 aliphatic rings. The zero-order chi connectivity index (χ0) is 11.3. The zero-order valence-electron chi connectivity index (χ0n) is 7.19. The number of benzene rings is 1. The van der Waals surface area contributed by atoms with Crippen LogP contribution in [-0.4, -0.2) is 27.0 Å². The second-order valence-corrected chi connectivity index (χ2v) is 6.59. The van der Waals surface area contributed by atoms with Crippen LogP contribution in [0.3, 0.4) is 0 Å². The maximum Gasteiger partial charge on any atom is 0.281 e. The Labute approximate surface area is 86.2 Å². The Morgan fingerprint density at radius 3 is 1.67 bits per heavy atom. The van der Waals surface area contributed by atoms with Gasteiger partial charge >= 0.3 is 0 Å². The fourth-order valence-electron chi connectivity index (χ4n) is 1.31. The average molecular weight is 247 g/mol. The first-order valence-corrected chi connectivity index (χ1v) is 6.64. The molecule has 1 aromatic carbocycles. The highest BCUT2D eigenvalue weighted by Gasteiger charge is 2.46. The molecule has 1 heterocycles. The second-order valence-electron chi connectivity index (χ2n) is 2.79. The van der Waals surface area contributed by atoms with Gasteiger partial charge in [0.25, 0.3) is 20.0 Å². The number of amides is 1. The Bertz CT molecular complexity index is 578. The van der Waals surface area contributed by atoms with Gasteiger partial charge in [-0.2, -0.15) is 16.8 Å². The minimum absolute atomic E-state index is 0.162. The maximum absolute atomic E-state index is 11.5. The van der Waals surface area contributed by atoms with Gasteiger partial charge in [-0.25, -0.2) is 0 Å². The lowest BCUT2D eigenvalue weighted by molar-refractivity contribution is -0.111.